The summed E-state index contributed by atoms with van der Waals surface area (Å²) in [5, 5.41) is 0. The number of esters is 1. The third-order valence-electron chi connectivity index (χ3n) is 9.49. The molecule has 0 aromatic heterocycles. The summed E-state index contributed by atoms with van der Waals surface area (Å²) in [6.07, 6.45) is 15.1. The van der Waals surface area contributed by atoms with Crippen LogP contribution in [-0.4, -0.2) is 18.4 Å². The molecule has 4 aliphatic carbocycles. The maximum Gasteiger partial charge on any atom is 0.330 e. The molecule has 0 aromatic carbocycles. The predicted octanol–water partition coefficient (Wildman–Crippen LogP) is 5.89. The summed E-state index contributed by atoms with van der Waals surface area (Å²) in [4.78, 5) is 23.8. The summed E-state index contributed by atoms with van der Waals surface area (Å²) in [5.74, 6) is 3.53. The normalized spacial score (nSPS) is 42.6. The van der Waals surface area contributed by atoms with E-state index in [0.29, 0.717) is 29.6 Å². The third-order valence-corrected chi connectivity index (χ3v) is 9.49. The second kappa shape index (κ2) is 7.71. The molecular weight excluding hydrogens is 360 g/mol. The Morgan fingerprint density at radius 2 is 1.97 bits per heavy atom. The number of hydrogen-bond acceptors (Lipinski definition) is 3. The first-order valence-electron chi connectivity index (χ1n) is 11.9. The van der Waals surface area contributed by atoms with E-state index < -0.39 is 0 Å². The number of carbonyl (C=O) groups is 2. The zero-order chi connectivity index (χ0) is 20.8. The quantitative estimate of drug-likeness (QED) is 0.438. The maximum absolute atomic E-state index is 12.0. The van der Waals surface area contributed by atoms with Gasteiger partial charge in [0, 0.05) is 12.5 Å². The number of rotatable bonds is 4. The van der Waals surface area contributed by atoms with E-state index in [1.807, 2.05) is 13.0 Å². The summed E-state index contributed by atoms with van der Waals surface area (Å²) in [6, 6.07) is 0. The second-order valence-electron chi connectivity index (χ2n) is 10.7. The summed E-state index contributed by atoms with van der Waals surface area (Å²) in [7, 11) is 0. The van der Waals surface area contributed by atoms with Gasteiger partial charge in [0.25, 0.3) is 0 Å². The standard InChI is InChI=1S/C26H38O3/c1-5-29-24(28)11-6-17(2)21-9-10-22-20-8-7-18-16-19(27)12-14-25(18,3)23(20)13-15-26(21,22)4/h6,11,16-17,20-23H,5,7-10,12-15H2,1-4H3/b11-6+/t17-,20?,21?,22?,23?,25?,26?/m1/s1. The fraction of sp³-hybridized carbons (Fsp3) is 0.769. The molecule has 0 aliphatic heterocycles. The van der Waals surface area contributed by atoms with Gasteiger partial charge in [-0.15, -0.1) is 0 Å². The lowest BCUT2D eigenvalue weighted by molar-refractivity contribution is -0.137. The smallest absolute Gasteiger partial charge is 0.330 e. The number of hydrogen-bond donors (Lipinski definition) is 0. The van der Waals surface area contributed by atoms with Crippen LogP contribution in [0.5, 0.6) is 0 Å². The topological polar surface area (TPSA) is 43.4 Å². The molecule has 6 unspecified atom stereocenters. The summed E-state index contributed by atoms with van der Waals surface area (Å²) in [5.41, 5.74) is 2.09. The van der Waals surface area contributed by atoms with Crippen molar-refractivity contribution >= 4 is 11.8 Å². The number of allylic oxidation sites excluding steroid dienone is 2. The monoisotopic (exact) mass is 398 g/mol. The summed E-state index contributed by atoms with van der Waals surface area (Å²) >= 11 is 0. The molecule has 0 bridgehead atoms. The molecule has 0 spiro atoms. The van der Waals surface area contributed by atoms with Crippen LogP contribution in [0, 0.1) is 40.4 Å². The molecule has 0 saturated heterocycles. The zero-order valence-electron chi connectivity index (χ0n) is 18.7. The first kappa shape index (κ1) is 20.9. The first-order chi connectivity index (χ1) is 13.8. The maximum atomic E-state index is 12.0. The van der Waals surface area contributed by atoms with E-state index in [9.17, 15) is 9.59 Å². The van der Waals surface area contributed by atoms with Gasteiger partial charge in [-0.05, 0) is 98.4 Å². The van der Waals surface area contributed by atoms with Gasteiger partial charge in [0.05, 0.1) is 6.61 Å². The van der Waals surface area contributed by atoms with E-state index in [-0.39, 0.29) is 11.4 Å². The number of ether oxygens (including phenoxy) is 1. The Morgan fingerprint density at radius 3 is 2.72 bits per heavy atom. The van der Waals surface area contributed by atoms with Crippen LogP contribution in [0.4, 0.5) is 0 Å². The molecule has 0 amide bonds. The molecule has 3 nitrogen and oxygen atoms in total. The average Bonchev–Trinajstić information content (AvgIpc) is 3.04. The molecule has 0 aromatic rings. The molecule has 29 heavy (non-hydrogen) atoms. The largest absolute Gasteiger partial charge is 0.463 e. The average molecular weight is 399 g/mol. The van der Waals surface area contributed by atoms with Crippen molar-refractivity contribution in [2.75, 3.05) is 6.61 Å². The van der Waals surface area contributed by atoms with Crippen LogP contribution >= 0.6 is 0 Å². The summed E-state index contributed by atoms with van der Waals surface area (Å²) < 4.78 is 5.07. The fourth-order valence-corrected chi connectivity index (χ4v) is 8.02. The van der Waals surface area contributed by atoms with Gasteiger partial charge in [0.1, 0.15) is 0 Å². The van der Waals surface area contributed by atoms with Crippen LogP contribution in [-0.2, 0) is 14.3 Å². The van der Waals surface area contributed by atoms with Crippen LogP contribution in [0.2, 0.25) is 0 Å². The minimum atomic E-state index is -0.214. The van der Waals surface area contributed by atoms with Crippen molar-refractivity contribution in [3.8, 4) is 0 Å². The lowest BCUT2D eigenvalue weighted by Gasteiger charge is -2.58. The highest BCUT2D eigenvalue weighted by molar-refractivity contribution is 5.91. The minimum absolute atomic E-state index is 0.214. The van der Waals surface area contributed by atoms with Crippen LogP contribution in [0.1, 0.15) is 79.1 Å². The molecule has 4 aliphatic rings. The van der Waals surface area contributed by atoms with Crippen LogP contribution in [0.3, 0.4) is 0 Å². The van der Waals surface area contributed by atoms with Gasteiger partial charge < -0.3 is 4.74 Å². The van der Waals surface area contributed by atoms with Gasteiger partial charge in [0.2, 0.25) is 0 Å². The fourth-order valence-electron chi connectivity index (χ4n) is 8.02. The Balaban J connectivity index is 1.52. The van der Waals surface area contributed by atoms with Crippen molar-refractivity contribution in [3.63, 3.8) is 0 Å². The van der Waals surface area contributed by atoms with Gasteiger partial charge in [0.15, 0.2) is 5.78 Å². The Kier molecular flexibility index (Phi) is 5.55. The van der Waals surface area contributed by atoms with Gasteiger partial charge in [-0.1, -0.05) is 32.4 Å². The highest BCUT2D eigenvalue weighted by atomic mass is 16.5. The van der Waals surface area contributed by atoms with E-state index in [1.54, 1.807) is 6.08 Å². The van der Waals surface area contributed by atoms with Gasteiger partial charge in [-0.3, -0.25) is 4.79 Å². The van der Waals surface area contributed by atoms with Crippen LogP contribution < -0.4 is 0 Å². The van der Waals surface area contributed by atoms with E-state index >= 15 is 0 Å². The molecule has 4 rings (SSSR count). The van der Waals surface area contributed by atoms with Gasteiger partial charge in [-0.25, -0.2) is 4.79 Å². The lowest BCUT2D eigenvalue weighted by Crippen LogP contribution is -2.50. The molecule has 0 radical (unpaired) electrons. The third kappa shape index (κ3) is 3.43. The number of ketones is 1. The van der Waals surface area contributed by atoms with E-state index in [2.05, 4.69) is 26.8 Å². The van der Waals surface area contributed by atoms with Crippen molar-refractivity contribution in [3.05, 3.63) is 23.8 Å². The first-order valence-corrected chi connectivity index (χ1v) is 11.9. The Labute approximate surface area is 176 Å². The van der Waals surface area contributed by atoms with Crippen molar-refractivity contribution in [1.82, 2.24) is 0 Å². The lowest BCUT2D eigenvalue weighted by atomic mass is 9.46. The molecular formula is C26H38O3. The molecule has 0 heterocycles. The molecule has 7 atom stereocenters. The molecule has 3 heteroatoms. The van der Waals surface area contributed by atoms with Crippen molar-refractivity contribution < 1.29 is 14.3 Å². The van der Waals surface area contributed by atoms with Crippen molar-refractivity contribution in [1.29, 1.82) is 0 Å². The zero-order valence-corrected chi connectivity index (χ0v) is 18.7. The molecule has 0 N–H and O–H groups in total. The molecule has 3 saturated carbocycles. The number of fused-ring (bicyclic) bond motifs is 5. The minimum Gasteiger partial charge on any atom is -0.463 e. The molecule has 3 fully saturated rings. The van der Waals surface area contributed by atoms with Crippen LogP contribution in [0.15, 0.2) is 23.8 Å². The Bertz CT molecular complexity index is 734. The van der Waals surface area contributed by atoms with Gasteiger partial charge >= 0.3 is 5.97 Å². The van der Waals surface area contributed by atoms with Gasteiger partial charge in [-0.2, -0.15) is 0 Å². The predicted molar refractivity (Wildman–Crippen MR) is 115 cm³/mol. The Hall–Kier alpha value is -1.38. The highest BCUT2D eigenvalue weighted by Gasteiger charge is 2.59. The Morgan fingerprint density at radius 1 is 1.17 bits per heavy atom. The highest BCUT2D eigenvalue weighted by Crippen LogP contribution is 2.67. The van der Waals surface area contributed by atoms with Crippen molar-refractivity contribution in [2.45, 2.75) is 79.1 Å². The van der Waals surface area contributed by atoms with Crippen LogP contribution in [0.25, 0.3) is 0 Å². The van der Waals surface area contributed by atoms with E-state index in [4.69, 9.17) is 4.74 Å². The second-order valence-corrected chi connectivity index (χ2v) is 10.7. The SMILES string of the molecule is CCOC(=O)/C=C/[C@@H](C)C1CCC2C3CCC4=CC(=O)CCC4(C)C3CCC21C. The molecule has 160 valence electrons. The van der Waals surface area contributed by atoms with E-state index in [1.165, 1.54) is 37.7 Å². The summed E-state index contributed by atoms with van der Waals surface area (Å²) in [6.45, 7) is 9.57. The van der Waals surface area contributed by atoms with E-state index in [0.717, 1.165) is 37.0 Å². The van der Waals surface area contributed by atoms with Crippen molar-refractivity contribution in [2.24, 2.45) is 40.4 Å². The number of carbonyl (C=O) groups excluding carboxylic acids is 2.